The fourth-order valence-electron chi connectivity index (χ4n) is 3.26. The molecule has 170 valence electrons. The first kappa shape index (κ1) is 24.6. The molecule has 2 N–H and O–H groups in total. The van der Waals surface area contributed by atoms with Gasteiger partial charge in [0.15, 0.2) is 0 Å². The van der Waals surface area contributed by atoms with Gasteiger partial charge in [-0.1, -0.05) is 25.7 Å². The largest absolute Gasteiger partial charge is 0.472 e. The first-order valence-electron chi connectivity index (χ1n) is 10.5. The third-order valence-electron chi connectivity index (χ3n) is 5.22. The van der Waals surface area contributed by atoms with Crippen LogP contribution < -0.4 is 4.74 Å². The van der Waals surface area contributed by atoms with Crippen LogP contribution in [0.3, 0.4) is 0 Å². The molecule has 8 heteroatoms. The second kappa shape index (κ2) is 10.1. The molecule has 2 rings (SSSR count). The van der Waals surface area contributed by atoms with E-state index in [2.05, 4.69) is 16.8 Å². The van der Waals surface area contributed by atoms with Gasteiger partial charge in [0.2, 0.25) is 11.8 Å². The Hall–Kier alpha value is -2.63. The Bertz CT molecular complexity index is 868. The minimum absolute atomic E-state index is 0.0000544. The molecule has 2 amide bonds. The van der Waals surface area contributed by atoms with Crippen LogP contribution in [0.1, 0.15) is 57.0 Å². The predicted molar refractivity (Wildman–Crippen MR) is 117 cm³/mol. The van der Waals surface area contributed by atoms with Gasteiger partial charge in [-0.05, 0) is 26.8 Å². The summed E-state index contributed by atoms with van der Waals surface area (Å²) in [5.41, 5.74) is -0.471. The van der Waals surface area contributed by atoms with E-state index >= 15 is 0 Å². The van der Waals surface area contributed by atoms with E-state index in [1.165, 1.54) is 6.20 Å². The standard InChI is InChI=1S/C23H33N3O5/c1-7-20(28)25(6)13-19-15(2)12-26(16(3)14-27)22(29)18-10-17(8-9-23(4,5)30)11-24-21(18)31-19/h10-11,15-16,19,27,30H,7,12-14H2,1-6H3/t15-,16-,19+/m0/s1. The topological polar surface area (TPSA) is 103 Å². The van der Waals surface area contributed by atoms with Gasteiger partial charge in [0.1, 0.15) is 17.3 Å². The molecule has 1 aromatic rings. The van der Waals surface area contributed by atoms with Crippen molar-refractivity contribution in [2.75, 3.05) is 26.7 Å². The highest BCUT2D eigenvalue weighted by molar-refractivity contribution is 5.97. The molecule has 0 aliphatic carbocycles. The highest BCUT2D eigenvalue weighted by atomic mass is 16.5. The first-order chi connectivity index (χ1) is 14.5. The van der Waals surface area contributed by atoms with Crippen molar-refractivity contribution in [1.29, 1.82) is 0 Å². The van der Waals surface area contributed by atoms with Gasteiger partial charge in [-0.2, -0.15) is 0 Å². The summed E-state index contributed by atoms with van der Waals surface area (Å²) in [6.07, 6.45) is 1.50. The summed E-state index contributed by atoms with van der Waals surface area (Å²) in [5.74, 6) is 5.30. The number of hydrogen-bond acceptors (Lipinski definition) is 6. The van der Waals surface area contributed by atoms with Crippen LogP contribution in [-0.2, 0) is 4.79 Å². The van der Waals surface area contributed by atoms with Crippen LogP contribution in [-0.4, -0.2) is 81.3 Å². The summed E-state index contributed by atoms with van der Waals surface area (Å²) in [4.78, 5) is 32.9. The molecule has 1 aliphatic heterocycles. The van der Waals surface area contributed by atoms with Gasteiger partial charge < -0.3 is 24.7 Å². The van der Waals surface area contributed by atoms with Gasteiger partial charge in [0, 0.05) is 37.7 Å². The summed E-state index contributed by atoms with van der Waals surface area (Å²) < 4.78 is 6.13. The van der Waals surface area contributed by atoms with Gasteiger partial charge in [-0.3, -0.25) is 9.59 Å². The van der Waals surface area contributed by atoms with E-state index in [1.807, 2.05) is 6.92 Å². The Morgan fingerprint density at radius 2 is 2.16 bits per heavy atom. The molecule has 2 heterocycles. The van der Waals surface area contributed by atoms with E-state index in [1.54, 1.807) is 50.6 Å². The van der Waals surface area contributed by atoms with Gasteiger partial charge in [-0.25, -0.2) is 4.98 Å². The zero-order valence-electron chi connectivity index (χ0n) is 19.2. The highest BCUT2D eigenvalue weighted by Gasteiger charge is 2.34. The molecule has 0 saturated heterocycles. The number of aliphatic hydroxyl groups excluding tert-OH is 1. The third-order valence-corrected chi connectivity index (χ3v) is 5.22. The number of ether oxygens (including phenoxy) is 1. The molecule has 0 spiro atoms. The maximum atomic E-state index is 13.3. The third kappa shape index (κ3) is 6.42. The van der Waals surface area contributed by atoms with Crippen LogP contribution in [0.25, 0.3) is 0 Å². The van der Waals surface area contributed by atoms with Crippen molar-refractivity contribution < 1.29 is 24.5 Å². The quantitative estimate of drug-likeness (QED) is 0.681. The van der Waals surface area contributed by atoms with E-state index < -0.39 is 11.6 Å². The molecule has 0 radical (unpaired) electrons. The lowest BCUT2D eigenvalue weighted by Crippen LogP contribution is -2.50. The minimum Gasteiger partial charge on any atom is -0.472 e. The lowest BCUT2D eigenvalue weighted by molar-refractivity contribution is -0.131. The van der Waals surface area contributed by atoms with Crippen molar-refractivity contribution in [2.45, 2.75) is 58.8 Å². The molecule has 0 unspecified atom stereocenters. The highest BCUT2D eigenvalue weighted by Crippen LogP contribution is 2.27. The second-order valence-electron chi connectivity index (χ2n) is 8.64. The van der Waals surface area contributed by atoms with Crippen LogP contribution in [0.15, 0.2) is 12.3 Å². The normalized spacial score (nSPS) is 19.9. The Morgan fingerprint density at radius 1 is 1.48 bits per heavy atom. The van der Waals surface area contributed by atoms with Crippen LogP contribution in [0, 0.1) is 17.8 Å². The van der Waals surface area contributed by atoms with E-state index in [0.29, 0.717) is 25.1 Å². The second-order valence-corrected chi connectivity index (χ2v) is 8.64. The van der Waals surface area contributed by atoms with E-state index in [0.717, 1.165) is 0 Å². The number of nitrogens with zero attached hydrogens (tertiary/aromatic N) is 3. The maximum absolute atomic E-state index is 13.3. The molecule has 0 fully saturated rings. The molecule has 8 nitrogen and oxygen atoms in total. The molecule has 0 aromatic carbocycles. The number of rotatable bonds is 5. The van der Waals surface area contributed by atoms with Crippen molar-refractivity contribution >= 4 is 11.8 Å². The molecule has 0 bridgehead atoms. The average molecular weight is 432 g/mol. The number of aromatic nitrogens is 1. The number of hydrogen-bond donors (Lipinski definition) is 2. The van der Waals surface area contributed by atoms with Crippen molar-refractivity contribution in [2.24, 2.45) is 5.92 Å². The zero-order chi connectivity index (χ0) is 23.3. The van der Waals surface area contributed by atoms with Crippen LogP contribution in [0.2, 0.25) is 0 Å². The first-order valence-corrected chi connectivity index (χ1v) is 10.5. The molecule has 1 aliphatic rings. The molecule has 3 atom stereocenters. The Morgan fingerprint density at radius 3 is 2.74 bits per heavy atom. The summed E-state index contributed by atoms with van der Waals surface area (Å²) in [6, 6.07) is 1.19. The van der Waals surface area contributed by atoms with Crippen molar-refractivity contribution in [1.82, 2.24) is 14.8 Å². The molecular formula is C23H33N3O5. The minimum atomic E-state index is -1.18. The molecular weight excluding hydrogens is 398 g/mol. The van der Waals surface area contributed by atoms with Gasteiger partial charge in [0.05, 0.1) is 19.2 Å². The number of fused-ring (bicyclic) bond motifs is 1. The van der Waals surface area contributed by atoms with Crippen LogP contribution in [0.4, 0.5) is 0 Å². The number of carbonyl (C=O) groups excluding carboxylic acids is 2. The predicted octanol–water partition coefficient (Wildman–Crippen LogP) is 1.29. The smallest absolute Gasteiger partial charge is 0.259 e. The summed E-state index contributed by atoms with van der Waals surface area (Å²) in [5, 5.41) is 19.6. The Balaban J connectivity index is 2.49. The van der Waals surface area contributed by atoms with Crippen LogP contribution in [0.5, 0.6) is 5.88 Å². The van der Waals surface area contributed by atoms with E-state index in [9.17, 15) is 19.8 Å². The SMILES string of the molecule is CCC(=O)N(C)C[C@H]1Oc2ncc(C#CC(C)(C)O)cc2C(=O)N([C@@H](C)CO)C[C@@H]1C. The summed E-state index contributed by atoms with van der Waals surface area (Å²) in [6.45, 7) is 9.20. The fraction of sp³-hybridized carbons (Fsp3) is 0.609. The van der Waals surface area contributed by atoms with Crippen molar-refractivity contribution in [3.05, 3.63) is 23.4 Å². The Kier molecular flexibility index (Phi) is 8.04. The zero-order valence-corrected chi connectivity index (χ0v) is 19.2. The monoisotopic (exact) mass is 431 g/mol. The number of aliphatic hydroxyl groups is 2. The lowest BCUT2D eigenvalue weighted by Gasteiger charge is -2.37. The number of carbonyl (C=O) groups is 2. The average Bonchev–Trinajstić information content (AvgIpc) is 2.72. The summed E-state index contributed by atoms with van der Waals surface area (Å²) in [7, 11) is 1.73. The lowest BCUT2D eigenvalue weighted by atomic mass is 9.99. The van der Waals surface area contributed by atoms with E-state index in [-0.39, 0.29) is 41.9 Å². The number of pyridine rings is 1. The van der Waals surface area contributed by atoms with Gasteiger partial charge in [-0.15, -0.1) is 0 Å². The summed E-state index contributed by atoms with van der Waals surface area (Å²) >= 11 is 0. The number of likely N-dealkylation sites (N-methyl/N-ethyl adjacent to an activating group) is 1. The molecule has 1 aromatic heterocycles. The van der Waals surface area contributed by atoms with Crippen molar-refractivity contribution in [3.8, 4) is 17.7 Å². The fourth-order valence-corrected chi connectivity index (χ4v) is 3.26. The van der Waals surface area contributed by atoms with Gasteiger partial charge in [0.25, 0.3) is 5.91 Å². The van der Waals surface area contributed by atoms with Crippen molar-refractivity contribution in [3.63, 3.8) is 0 Å². The van der Waals surface area contributed by atoms with Gasteiger partial charge >= 0.3 is 0 Å². The number of amides is 2. The van der Waals surface area contributed by atoms with Crippen LogP contribution >= 0.6 is 0 Å². The van der Waals surface area contributed by atoms with E-state index in [4.69, 9.17) is 4.74 Å². The molecule has 0 saturated carbocycles. The molecule has 31 heavy (non-hydrogen) atoms. The maximum Gasteiger partial charge on any atom is 0.259 e. The Labute approximate surface area is 184 Å².